The van der Waals surface area contributed by atoms with E-state index in [4.69, 9.17) is 9.36 Å². The highest BCUT2D eigenvalue weighted by molar-refractivity contribution is 5.93. The number of aliphatic imine (C=N–C) groups is 1. The van der Waals surface area contributed by atoms with Crippen LogP contribution >= 0.6 is 0 Å². The molecule has 0 saturated heterocycles. The van der Waals surface area contributed by atoms with Crippen molar-refractivity contribution in [2.24, 2.45) is 16.1 Å². The SMILES string of the molecule is C=NO/C(CC)=N\CC1CC(NC(=O)c2cc(-c3ccccc3)on2)C1. The summed E-state index contributed by atoms with van der Waals surface area (Å²) in [6, 6.07) is 11.4. The Bertz CT molecular complexity index is 779. The molecule has 3 rings (SSSR count). The molecule has 2 aromatic rings. The zero-order valence-corrected chi connectivity index (χ0v) is 14.7. The fourth-order valence-corrected chi connectivity index (χ4v) is 2.89. The second-order valence-electron chi connectivity index (χ2n) is 6.26. The molecule has 1 N–H and O–H groups in total. The van der Waals surface area contributed by atoms with Gasteiger partial charge in [-0.3, -0.25) is 9.79 Å². The molecule has 0 aliphatic heterocycles. The van der Waals surface area contributed by atoms with Gasteiger partial charge in [0, 0.05) is 37.4 Å². The first-order valence-corrected chi connectivity index (χ1v) is 8.69. The molecule has 136 valence electrons. The Labute approximate surface area is 152 Å². The van der Waals surface area contributed by atoms with Crippen LogP contribution in [0.3, 0.4) is 0 Å². The van der Waals surface area contributed by atoms with Crippen LogP contribution in [-0.2, 0) is 4.84 Å². The standard InChI is InChI=1S/C19H22N4O3/c1-3-18(26-20-2)21-12-13-9-15(10-13)22-19(24)16-11-17(25-23-16)14-7-5-4-6-8-14/h4-8,11,13,15H,2-3,9-10,12H2,1H3,(H,22,24)/b21-18-. The Balaban J connectivity index is 1.47. The summed E-state index contributed by atoms with van der Waals surface area (Å²) in [6.07, 6.45) is 2.45. The number of oxime groups is 1. The maximum absolute atomic E-state index is 12.3. The van der Waals surface area contributed by atoms with Gasteiger partial charge in [-0.15, -0.1) is 0 Å². The van der Waals surface area contributed by atoms with Gasteiger partial charge in [-0.1, -0.05) is 47.6 Å². The minimum absolute atomic E-state index is 0.142. The predicted octanol–water partition coefficient (Wildman–Crippen LogP) is 3.29. The van der Waals surface area contributed by atoms with Crippen LogP contribution in [0, 0.1) is 5.92 Å². The summed E-state index contributed by atoms with van der Waals surface area (Å²) in [6.45, 7) is 5.92. The average Bonchev–Trinajstić information content (AvgIpc) is 3.13. The zero-order chi connectivity index (χ0) is 18.4. The quantitative estimate of drug-likeness (QED) is 0.469. The van der Waals surface area contributed by atoms with Crippen LogP contribution in [0.4, 0.5) is 0 Å². The van der Waals surface area contributed by atoms with Crippen LogP contribution in [0.2, 0.25) is 0 Å². The normalized spacial score (nSPS) is 19.5. The summed E-state index contributed by atoms with van der Waals surface area (Å²) < 4.78 is 5.27. The molecule has 1 aromatic heterocycles. The van der Waals surface area contributed by atoms with Crippen LogP contribution in [0.25, 0.3) is 11.3 Å². The maximum atomic E-state index is 12.3. The van der Waals surface area contributed by atoms with Gasteiger partial charge in [-0.2, -0.15) is 0 Å². The lowest BCUT2D eigenvalue weighted by Gasteiger charge is -2.34. The number of aromatic nitrogens is 1. The molecule has 0 radical (unpaired) electrons. The van der Waals surface area contributed by atoms with Gasteiger partial charge in [0.15, 0.2) is 11.5 Å². The Kier molecular flexibility index (Phi) is 5.78. The molecule has 0 spiro atoms. The van der Waals surface area contributed by atoms with E-state index in [2.05, 4.69) is 27.3 Å². The summed E-state index contributed by atoms with van der Waals surface area (Å²) in [5.74, 6) is 1.40. The van der Waals surface area contributed by atoms with Gasteiger partial charge in [0.25, 0.3) is 5.91 Å². The van der Waals surface area contributed by atoms with E-state index < -0.39 is 0 Å². The monoisotopic (exact) mass is 354 g/mol. The number of hydrogen-bond donors (Lipinski definition) is 1. The third kappa shape index (κ3) is 4.36. The van der Waals surface area contributed by atoms with E-state index in [1.54, 1.807) is 6.07 Å². The van der Waals surface area contributed by atoms with Gasteiger partial charge < -0.3 is 14.7 Å². The summed E-state index contributed by atoms with van der Waals surface area (Å²) in [7, 11) is 0. The number of nitrogens with zero attached hydrogens (tertiary/aromatic N) is 3. The van der Waals surface area contributed by atoms with Gasteiger partial charge in [-0.05, 0) is 18.8 Å². The average molecular weight is 354 g/mol. The molecule has 7 heteroatoms. The maximum Gasteiger partial charge on any atom is 0.273 e. The van der Waals surface area contributed by atoms with Crippen molar-refractivity contribution >= 4 is 18.5 Å². The van der Waals surface area contributed by atoms with E-state index >= 15 is 0 Å². The predicted molar refractivity (Wildman–Crippen MR) is 99.1 cm³/mol. The summed E-state index contributed by atoms with van der Waals surface area (Å²) >= 11 is 0. The molecule has 26 heavy (non-hydrogen) atoms. The molecule has 1 aliphatic carbocycles. The molecule has 1 saturated carbocycles. The third-order valence-electron chi connectivity index (χ3n) is 4.37. The number of hydrogen-bond acceptors (Lipinski definition) is 6. The van der Waals surface area contributed by atoms with Crippen LogP contribution in [0.1, 0.15) is 36.7 Å². The molecule has 0 atom stereocenters. The lowest BCUT2D eigenvalue weighted by Crippen LogP contribution is -2.45. The summed E-state index contributed by atoms with van der Waals surface area (Å²) in [5.41, 5.74) is 1.19. The molecule has 7 nitrogen and oxygen atoms in total. The topological polar surface area (TPSA) is 89.1 Å². The lowest BCUT2D eigenvalue weighted by atomic mass is 9.80. The van der Waals surface area contributed by atoms with E-state index in [0.717, 1.165) is 18.4 Å². The molecule has 1 aliphatic rings. The minimum atomic E-state index is -0.212. The molecule has 1 heterocycles. The van der Waals surface area contributed by atoms with Crippen molar-refractivity contribution in [3.8, 4) is 11.3 Å². The highest BCUT2D eigenvalue weighted by Gasteiger charge is 2.31. The first-order valence-electron chi connectivity index (χ1n) is 8.69. The number of benzene rings is 1. The number of carbonyl (C=O) groups excluding carboxylic acids is 1. The Morgan fingerprint density at radius 2 is 2.15 bits per heavy atom. The number of carbonyl (C=O) groups is 1. The highest BCUT2D eigenvalue weighted by atomic mass is 16.6. The Hall–Kier alpha value is -2.96. The summed E-state index contributed by atoms with van der Waals surface area (Å²) in [5, 5.41) is 10.2. The fraction of sp³-hybridized carbons (Fsp3) is 0.368. The molecule has 0 unspecified atom stereocenters. The second kappa shape index (κ2) is 8.42. The van der Waals surface area contributed by atoms with Crippen molar-refractivity contribution in [2.75, 3.05) is 6.54 Å². The summed E-state index contributed by atoms with van der Waals surface area (Å²) in [4.78, 5) is 21.7. The van der Waals surface area contributed by atoms with Crippen LogP contribution in [0.5, 0.6) is 0 Å². The smallest absolute Gasteiger partial charge is 0.273 e. The van der Waals surface area contributed by atoms with E-state index in [9.17, 15) is 4.79 Å². The third-order valence-corrected chi connectivity index (χ3v) is 4.37. The number of amides is 1. The van der Waals surface area contributed by atoms with E-state index in [1.165, 1.54) is 0 Å². The van der Waals surface area contributed by atoms with Crippen molar-refractivity contribution in [1.29, 1.82) is 0 Å². The van der Waals surface area contributed by atoms with Crippen molar-refractivity contribution < 1.29 is 14.2 Å². The fourth-order valence-electron chi connectivity index (χ4n) is 2.89. The molecule has 0 bridgehead atoms. The van der Waals surface area contributed by atoms with Crippen LogP contribution in [-0.4, -0.2) is 36.3 Å². The van der Waals surface area contributed by atoms with Gasteiger partial charge in [0.1, 0.15) is 0 Å². The minimum Gasteiger partial charge on any atom is -0.355 e. The van der Waals surface area contributed by atoms with Gasteiger partial charge in [0.2, 0.25) is 5.90 Å². The largest absolute Gasteiger partial charge is 0.355 e. The van der Waals surface area contributed by atoms with Crippen LogP contribution < -0.4 is 5.32 Å². The first kappa shape index (κ1) is 17.8. The van der Waals surface area contributed by atoms with Crippen LogP contribution in [0.15, 0.2) is 51.1 Å². The van der Waals surface area contributed by atoms with Crippen molar-refractivity contribution in [3.63, 3.8) is 0 Å². The van der Waals surface area contributed by atoms with Gasteiger partial charge in [-0.25, -0.2) is 0 Å². The number of nitrogens with one attached hydrogen (secondary N) is 1. The Morgan fingerprint density at radius 1 is 1.38 bits per heavy atom. The Morgan fingerprint density at radius 3 is 2.85 bits per heavy atom. The highest BCUT2D eigenvalue weighted by Crippen LogP contribution is 2.28. The molecule has 1 amide bonds. The lowest BCUT2D eigenvalue weighted by molar-refractivity contribution is 0.0883. The van der Waals surface area contributed by atoms with Crippen molar-refractivity contribution in [3.05, 3.63) is 42.1 Å². The second-order valence-corrected chi connectivity index (χ2v) is 6.26. The zero-order valence-electron chi connectivity index (χ0n) is 14.7. The van der Waals surface area contributed by atoms with E-state index in [0.29, 0.717) is 36.2 Å². The molecule has 1 aromatic carbocycles. The van der Waals surface area contributed by atoms with Crippen molar-refractivity contribution in [2.45, 2.75) is 32.2 Å². The van der Waals surface area contributed by atoms with E-state index in [-0.39, 0.29) is 11.9 Å². The molecular formula is C19H22N4O3. The number of rotatable bonds is 7. The molecular weight excluding hydrogens is 332 g/mol. The first-order chi connectivity index (χ1) is 12.7. The molecule has 1 fully saturated rings. The van der Waals surface area contributed by atoms with Gasteiger partial charge >= 0.3 is 0 Å². The van der Waals surface area contributed by atoms with Crippen molar-refractivity contribution in [1.82, 2.24) is 10.5 Å². The van der Waals surface area contributed by atoms with E-state index in [1.807, 2.05) is 37.3 Å². The van der Waals surface area contributed by atoms with Gasteiger partial charge in [0.05, 0.1) is 0 Å².